The third-order valence-corrected chi connectivity index (χ3v) is 6.90. The molecule has 1 saturated carbocycles. The third kappa shape index (κ3) is 5.42. The van der Waals surface area contributed by atoms with Crippen molar-refractivity contribution in [3.05, 3.63) is 51.7 Å². The van der Waals surface area contributed by atoms with E-state index in [0.717, 1.165) is 30.8 Å². The second kappa shape index (κ2) is 9.50. The van der Waals surface area contributed by atoms with Crippen LogP contribution >= 0.6 is 11.3 Å². The molecule has 1 aliphatic carbocycles. The number of aliphatic hydroxyl groups excluding tert-OH is 1. The number of nitrogens with zero attached hydrogens (tertiary/aromatic N) is 2. The Labute approximate surface area is 183 Å². The Balaban J connectivity index is 1.47. The number of ether oxygens (including phenoxy) is 1. The average molecular weight is 429 g/mol. The minimum absolute atomic E-state index is 0.0673. The predicted molar refractivity (Wildman–Crippen MR) is 120 cm³/mol. The molecule has 0 saturated heterocycles. The Hall–Kier alpha value is -1.89. The highest BCUT2D eigenvalue weighted by molar-refractivity contribution is 7.10. The zero-order valence-electron chi connectivity index (χ0n) is 17.9. The van der Waals surface area contributed by atoms with E-state index in [-0.39, 0.29) is 11.9 Å². The fourth-order valence-corrected chi connectivity index (χ4v) is 5.21. The largest absolute Gasteiger partial charge is 0.491 e. The Morgan fingerprint density at radius 3 is 2.93 bits per heavy atom. The summed E-state index contributed by atoms with van der Waals surface area (Å²) >= 11 is 1.77. The Morgan fingerprint density at radius 1 is 1.37 bits per heavy atom. The summed E-state index contributed by atoms with van der Waals surface area (Å²) in [6, 6.07) is 10.1. The summed E-state index contributed by atoms with van der Waals surface area (Å²) in [6.45, 7) is 6.83. The zero-order valence-corrected chi connectivity index (χ0v) is 18.7. The molecule has 2 aliphatic rings. The number of fused-ring (bicyclic) bond motifs is 1. The molecule has 0 radical (unpaired) electrons. The van der Waals surface area contributed by atoms with Crippen LogP contribution in [0.5, 0.6) is 5.75 Å². The van der Waals surface area contributed by atoms with Crippen molar-refractivity contribution in [1.29, 1.82) is 0 Å². The van der Waals surface area contributed by atoms with Crippen LogP contribution in [0.25, 0.3) is 0 Å². The molecule has 1 N–H and O–H groups in total. The number of rotatable bonds is 9. The van der Waals surface area contributed by atoms with Crippen molar-refractivity contribution in [1.82, 2.24) is 9.80 Å². The first-order chi connectivity index (χ1) is 14.5. The second-order valence-electron chi connectivity index (χ2n) is 8.77. The summed E-state index contributed by atoms with van der Waals surface area (Å²) in [7, 11) is 0. The van der Waals surface area contributed by atoms with E-state index in [2.05, 4.69) is 29.3 Å². The minimum atomic E-state index is -0.429. The lowest BCUT2D eigenvalue weighted by atomic mass is 10.0. The van der Waals surface area contributed by atoms with Gasteiger partial charge in [-0.15, -0.1) is 11.3 Å². The molecule has 1 aliphatic heterocycles. The molecule has 0 unspecified atom stereocenters. The van der Waals surface area contributed by atoms with Gasteiger partial charge in [0.1, 0.15) is 12.4 Å². The van der Waals surface area contributed by atoms with Crippen LogP contribution in [0.3, 0.4) is 0 Å². The van der Waals surface area contributed by atoms with E-state index in [0.29, 0.717) is 25.6 Å². The molecule has 4 rings (SSSR count). The highest BCUT2D eigenvalue weighted by atomic mass is 32.1. The van der Waals surface area contributed by atoms with Crippen LogP contribution in [-0.2, 0) is 11.2 Å². The molecule has 5 nitrogen and oxygen atoms in total. The fourth-order valence-electron chi connectivity index (χ4n) is 4.28. The number of hydrogen-bond donors (Lipinski definition) is 1. The van der Waals surface area contributed by atoms with E-state index in [1.807, 2.05) is 23.1 Å². The molecule has 2 heterocycles. The molecule has 162 valence electrons. The summed E-state index contributed by atoms with van der Waals surface area (Å²) in [5.41, 5.74) is 2.38. The van der Waals surface area contributed by atoms with Crippen molar-refractivity contribution in [2.75, 3.05) is 32.8 Å². The maximum absolute atomic E-state index is 13.3. The number of benzene rings is 1. The predicted octanol–water partition coefficient (Wildman–Crippen LogP) is 3.65. The number of thiophene rings is 1. The highest BCUT2D eigenvalue weighted by Gasteiger charge is 2.34. The van der Waals surface area contributed by atoms with E-state index in [1.54, 1.807) is 18.3 Å². The van der Waals surface area contributed by atoms with Crippen LogP contribution in [0.4, 0.5) is 0 Å². The van der Waals surface area contributed by atoms with Crippen LogP contribution in [0.1, 0.15) is 41.8 Å². The first kappa shape index (κ1) is 21.3. The Morgan fingerprint density at radius 2 is 2.20 bits per heavy atom. The van der Waals surface area contributed by atoms with E-state index in [9.17, 15) is 9.90 Å². The molecule has 0 bridgehead atoms. The van der Waals surface area contributed by atoms with Gasteiger partial charge in [0, 0.05) is 24.5 Å². The molecule has 0 spiro atoms. The number of hydrogen-bond acceptors (Lipinski definition) is 5. The molecular formula is C24H32N2O3S. The number of aryl methyl sites for hydroxylation is 1. The summed E-state index contributed by atoms with van der Waals surface area (Å²) in [6.07, 6.45) is 2.94. The van der Waals surface area contributed by atoms with Gasteiger partial charge in [-0.25, -0.2) is 0 Å². The SMILES string of the molecule is Cc1cccc(OC[C@@H]2c3ccsc3CCN2C(=O)CN(CC2CC2)C[C@H](C)O)c1. The van der Waals surface area contributed by atoms with Crippen LogP contribution in [0.15, 0.2) is 35.7 Å². The molecule has 30 heavy (non-hydrogen) atoms. The van der Waals surface area contributed by atoms with E-state index in [1.165, 1.54) is 23.3 Å². The van der Waals surface area contributed by atoms with Crippen LogP contribution in [-0.4, -0.2) is 59.7 Å². The summed E-state index contributed by atoms with van der Waals surface area (Å²) in [5, 5.41) is 12.0. The summed E-state index contributed by atoms with van der Waals surface area (Å²) in [4.78, 5) is 18.8. The van der Waals surface area contributed by atoms with Gasteiger partial charge >= 0.3 is 0 Å². The Kier molecular flexibility index (Phi) is 6.76. The van der Waals surface area contributed by atoms with E-state index < -0.39 is 6.10 Å². The van der Waals surface area contributed by atoms with Gasteiger partial charge in [0.05, 0.1) is 18.7 Å². The molecule has 1 fully saturated rings. The molecule has 1 aromatic heterocycles. The summed E-state index contributed by atoms with van der Waals surface area (Å²) in [5.74, 6) is 1.65. The van der Waals surface area contributed by atoms with Crippen molar-refractivity contribution >= 4 is 17.2 Å². The van der Waals surface area contributed by atoms with Crippen molar-refractivity contribution in [3.8, 4) is 5.75 Å². The standard InChI is InChI=1S/C24H32N2O3S/c1-17-4-3-5-20(12-17)29-16-22-21-9-11-30-23(21)8-10-26(22)24(28)15-25(13-18(2)27)14-19-6-7-19/h3-5,9,11-12,18-19,22,27H,6-8,10,13-16H2,1-2H3/t18-,22+/m0/s1. The number of amides is 1. The van der Waals surface area contributed by atoms with Crippen LogP contribution in [0, 0.1) is 12.8 Å². The van der Waals surface area contributed by atoms with Gasteiger partial charge in [-0.3, -0.25) is 9.69 Å². The molecule has 1 aromatic carbocycles. The third-order valence-electron chi connectivity index (χ3n) is 5.91. The maximum atomic E-state index is 13.3. The van der Waals surface area contributed by atoms with E-state index in [4.69, 9.17) is 4.74 Å². The quantitative estimate of drug-likeness (QED) is 0.662. The minimum Gasteiger partial charge on any atom is -0.491 e. The average Bonchev–Trinajstić information content (AvgIpc) is 3.37. The molecule has 2 atom stereocenters. The van der Waals surface area contributed by atoms with Crippen molar-refractivity contribution in [3.63, 3.8) is 0 Å². The van der Waals surface area contributed by atoms with Gasteiger partial charge in [0.15, 0.2) is 0 Å². The van der Waals surface area contributed by atoms with Gasteiger partial charge in [0.25, 0.3) is 0 Å². The van der Waals surface area contributed by atoms with Gasteiger partial charge < -0.3 is 14.7 Å². The van der Waals surface area contributed by atoms with Gasteiger partial charge in [-0.05, 0) is 73.7 Å². The lowest BCUT2D eigenvalue weighted by Crippen LogP contribution is -2.48. The molecule has 1 amide bonds. The zero-order chi connectivity index (χ0) is 21.1. The smallest absolute Gasteiger partial charge is 0.237 e. The van der Waals surface area contributed by atoms with Crippen molar-refractivity contribution in [2.24, 2.45) is 5.92 Å². The normalized spacial score (nSPS) is 19.6. The van der Waals surface area contributed by atoms with Crippen LogP contribution in [0.2, 0.25) is 0 Å². The first-order valence-corrected chi connectivity index (χ1v) is 11.8. The monoisotopic (exact) mass is 428 g/mol. The number of aliphatic hydroxyl groups is 1. The summed E-state index contributed by atoms with van der Waals surface area (Å²) < 4.78 is 6.13. The molecular weight excluding hydrogens is 396 g/mol. The highest BCUT2D eigenvalue weighted by Crippen LogP contribution is 2.34. The van der Waals surface area contributed by atoms with Crippen molar-refractivity contribution < 1.29 is 14.6 Å². The number of carbonyl (C=O) groups excluding carboxylic acids is 1. The fraction of sp³-hybridized carbons (Fsp3) is 0.542. The maximum Gasteiger partial charge on any atom is 0.237 e. The van der Waals surface area contributed by atoms with Gasteiger partial charge in [0.2, 0.25) is 5.91 Å². The molecule has 2 aromatic rings. The Bertz CT molecular complexity index is 858. The topological polar surface area (TPSA) is 53.0 Å². The first-order valence-electron chi connectivity index (χ1n) is 10.9. The number of carbonyl (C=O) groups is 1. The second-order valence-corrected chi connectivity index (χ2v) is 9.77. The van der Waals surface area contributed by atoms with Crippen molar-refractivity contribution in [2.45, 2.75) is 45.3 Å². The van der Waals surface area contributed by atoms with Gasteiger partial charge in [-0.1, -0.05) is 12.1 Å². The van der Waals surface area contributed by atoms with E-state index >= 15 is 0 Å². The lowest BCUT2D eigenvalue weighted by molar-refractivity contribution is -0.136. The lowest BCUT2D eigenvalue weighted by Gasteiger charge is -2.37. The van der Waals surface area contributed by atoms with Crippen LogP contribution < -0.4 is 4.74 Å². The van der Waals surface area contributed by atoms with Gasteiger partial charge in [-0.2, -0.15) is 0 Å². The molecule has 6 heteroatoms.